The van der Waals surface area contributed by atoms with Gasteiger partial charge in [0.05, 0.1) is 0 Å². The number of aldehydes is 1. The van der Waals surface area contributed by atoms with Crippen LogP contribution < -0.4 is 5.56 Å². The zero-order chi connectivity index (χ0) is 12.3. The van der Waals surface area contributed by atoms with E-state index in [1.807, 2.05) is 6.07 Å². The molecule has 1 aromatic heterocycles. The molecular formula is C14H15NO2. The Bertz CT molecular complexity index is 599. The largest absolute Gasteiger partial charge is 0.322 e. The average molecular weight is 229 g/mol. The minimum atomic E-state index is -0.0811. The molecule has 0 radical (unpaired) electrons. The van der Waals surface area contributed by atoms with Crippen molar-refractivity contribution in [2.75, 3.05) is 0 Å². The summed E-state index contributed by atoms with van der Waals surface area (Å²) in [5.74, 6) is 0. The SMILES string of the molecule is CCCCc1cc(=O)[nH]c2ccc(C=O)cc12. The fraction of sp³-hybridized carbons (Fsp3) is 0.286. The Morgan fingerprint density at radius 2 is 2.12 bits per heavy atom. The van der Waals surface area contributed by atoms with Crippen molar-refractivity contribution in [3.05, 3.63) is 45.7 Å². The van der Waals surface area contributed by atoms with Gasteiger partial charge in [0, 0.05) is 22.5 Å². The van der Waals surface area contributed by atoms with Crippen LogP contribution in [0.4, 0.5) is 0 Å². The predicted molar refractivity (Wildman–Crippen MR) is 68.6 cm³/mol. The molecule has 0 aliphatic carbocycles. The molecule has 0 fully saturated rings. The molecule has 0 aliphatic rings. The lowest BCUT2D eigenvalue weighted by Crippen LogP contribution is -2.06. The molecule has 0 atom stereocenters. The van der Waals surface area contributed by atoms with Gasteiger partial charge in [0.25, 0.3) is 0 Å². The van der Waals surface area contributed by atoms with Gasteiger partial charge in [-0.3, -0.25) is 9.59 Å². The summed E-state index contributed by atoms with van der Waals surface area (Å²) in [6.45, 7) is 2.12. The first-order chi connectivity index (χ1) is 8.24. The summed E-state index contributed by atoms with van der Waals surface area (Å²) in [7, 11) is 0. The fourth-order valence-electron chi connectivity index (χ4n) is 1.99. The van der Waals surface area contributed by atoms with Crippen LogP contribution in [-0.2, 0) is 6.42 Å². The molecule has 1 N–H and O–H groups in total. The zero-order valence-corrected chi connectivity index (χ0v) is 9.82. The van der Waals surface area contributed by atoms with Crippen LogP contribution in [0.2, 0.25) is 0 Å². The number of unbranched alkanes of at least 4 members (excludes halogenated alkanes) is 1. The van der Waals surface area contributed by atoms with Crippen molar-refractivity contribution in [2.24, 2.45) is 0 Å². The molecule has 3 nitrogen and oxygen atoms in total. The number of carbonyl (C=O) groups is 1. The number of aromatic amines is 1. The third kappa shape index (κ3) is 2.44. The van der Waals surface area contributed by atoms with Crippen LogP contribution in [0, 0.1) is 0 Å². The first-order valence-electron chi connectivity index (χ1n) is 5.85. The molecule has 0 unspecified atom stereocenters. The Hall–Kier alpha value is -1.90. The summed E-state index contributed by atoms with van der Waals surface area (Å²) >= 11 is 0. The molecule has 88 valence electrons. The molecule has 2 rings (SSSR count). The van der Waals surface area contributed by atoms with E-state index in [2.05, 4.69) is 11.9 Å². The topological polar surface area (TPSA) is 49.9 Å². The van der Waals surface area contributed by atoms with Gasteiger partial charge in [-0.25, -0.2) is 0 Å². The molecule has 1 aromatic carbocycles. The summed E-state index contributed by atoms with van der Waals surface area (Å²) in [5, 5.41) is 0.975. The Balaban J connectivity index is 2.61. The van der Waals surface area contributed by atoms with Gasteiger partial charge >= 0.3 is 0 Å². The average Bonchev–Trinajstić information content (AvgIpc) is 2.35. The zero-order valence-electron chi connectivity index (χ0n) is 9.82. The van der Waals surface area contributed by atoms with E-state index < -0.39 is 0 Å². The molecule has 3 heteroatoms. The third-order valence-corrected chi connectivity index (χ3v) is 2.89. The number of hydrogen-bond acceptors (Lipinski definition) is 2. The highest BCUT2D eigenvalue weighted by molar-refractivity contribution is 5.88. The van der Waals surface area contributed by atoms with Crippen molar-refractivity contribution in [2.45, 2.75) is 26.2 Å². The molecule has 0 saturated heterocycles. The van der Waals surface area contributed by atoms with Crippen molar-refractivity contribution in [3.63, 3.8) is 0 Å². The lowest BCUT2D eigenvalue weighted by Gasteiger charge is -2.06. The molecule has 2 aromatic rings. The van der Waals surface area contributed by atoms with Crippen molar-refractivity contribution >= 4 is 17.2 Å². The predicted octanol–water partition coefficient (Wildman–Crippen LogP) is 2.68. The third-order valence-electron chi connectivity index (χ3n) is 2.89. The van der Waals surface area contributed by atoms with Crippen molar-refractivity contribution < 1.29 is 4.79 Å². The summed E-state index contributed by atoms with van der Waals surface area (Å²) in [5.41, 5.74) is 2.38. The molecule has 0 aliphatic heterocycles. The van der Waals surface area contributed by atoms with Crippen LogP contribution in [0.15, 0.2) is 29.1 Å². The fourth-order valence-corrected chi connectivity index (χ4v) is 1.99. The van der Waals surface area contributed by atoms with Gasteiger partial charge in [0.2, 0.25) is 5.56 Å². The maximum Gasteiger partial charge on any atom is 0.248 e. The van der Waals surface area contributed by atoms with E-state index >= 15 is 0 Å². The van der Waals surface area contributed by atoms with Crippen molar-refractivity contribution in [1.29, 1.82) is 0 Å². The lowest BCUT2D eigenvalue weighted by atomic mass is 10.0. The van der Waals surface area contributed by atoms with Gasteiger partial charge in [-0.05, 0) is 36.6 Å². The van der Waals surface area contributed by atoms with Crippen LogP contribution in [0.25, 0.3) is 10.9 Å². The number of aromatic nitrogens is 1. The summed E-state index contributed by atoms with van der Waals surface area (Å²) < 4.78 is 0. The smallest absolute Gasteiger partial charge is 0.248 e. The molecule has 0 saturated carbocycles. The minimum Gasteiger partial charge on any atom is -0.322 e. The van der Waals surface area contributed by atoms with Crippen molar-refractivity contribution in [1.82, 2.24) is 4.98 Å². The van der Waals surface area contributed by atoms with Crippen LogP contribution in [0.5, 0.6) is 0 Å². The van der Waals surface area contributed by atoms with E-state index in [0.29, 0.717) is 5.56 Å². The Labute approximate surface area is 99.5 Å². The highest BCUT2D eigenvalue weighted by Gasteiger charge is 2.04. The van der Waals surface area contributed by atoms with Gasteiger partial charge in [-0.2, -0.15) is 0 Å². The monoisotopic (exact) mass is 229 g/mol. The Kier molecular flexibility index (Phi) is 3.38. The highest BCUT2D eigenvalue weighted by Crippen LogP contribution is 2.18. The van der Waals surface area contributed by atoms with E-state index in [4.69, 9.17) is 0 Å². The van der Waals surface area contributed by atoms with Gasteiger partial charge in [-0.15, -0.1) is 0 Å². The van der Waals surface area contributed by atoms with Gasteiger partial charge in [0.1, 0.15) is 6.29 Å². The Morgan fingerprint density at radius 3 is 2.82 bits per heavy atom. The second-order valence-corrected chi connectivity index (χ2v) is 4.19. The van der Waals surface area contributed by atoms with E-state index in [1.54, 1.807) is 18.2 Å². The van der Waals surface area contributed by atoms with Gasteiger partial charge < -0.3 is 4.98 Å². The number of benzene rings is 1. The second kappa shape index (κ2) is 4.95. The number of aryl methyl sites for hydroxylation is 1. The lowest BCUT2D eigenvalue weighted by molar-refractivity contribution is 0.112. The first kappa shape index (κ1) is 11.6. The van der Waals surface area contributed by atoms with Gasteiger partial charge in [-0.1, -0.05) is 13.3 Å². The van der Waals surface area contributed by atoms with E-state index in [1.165, 1.54) is 0 Å². The van der Waals surface area contributed by atoms with E-state index in [9.17, 15) is 9.59 Å². The minimum absolute atomic E-state index is 0.0811. The maximum absolute atomic E-state index is 11.5. The first-order valence-corrected chi connectivity index (χ1v) is 5.85. The number of fused-ring (bicyclic) bond motifs is 1. The summed E-state index contributed by atoms with van der Waals surface area (Å²) in [6, 6.07) is 6.97. The van der Waals surface area contributed by atoms with Crippen LogP contribution >= 0.6 is 0 Å². The number of hydrogen-bond donors (Lipinski definition) is 1. The Morgan fingerprint density at radius 1 is 1.29 bits per heavy atom. The van der Waals surface area contributed by atoms with E-state index in [0.717, 1.165) is 42.0 Å². The standard InChI is InChI=1S/C14H15NO2/c1-2-3-4-11-8-14(17)15-13-6-5-10(9-16)7-12(11)13/h5-9H,2-4H2,1H3,(H,15,17). The number of pyridine rings is 1. The molecular weight excluding hydrogens is 214 g/mol. The molecule has 0 bridgehead atoms. The van der Waals surface area contributed by atoms with Crippen LogP contribution in [0.3, 0.4) is 0 Å². The van der Waals surface area contributed by atoms with Gasteiger partial charge in [0.15, 0.2) is 0 Å². The number of rotatable bonds is 4. The number of H-pyrrole nitrogens is 1. The normalized spacial score (nSPS) is 10.6. The number of nitrogens with one attached hydrogen (secondary N) is 1. The van der Waals surface area contributed by atoms with Crippen molar-refractivity contribution in [3.8, 4) is 0 Å². The number of carbonyl (C=O) groups excluding carboxylic acids is 1. The molecule has 0 spiro atoms. The quantitative estimate of drug-likeness (QED) is 0.819. The summed E-state index contributed by atoms with van der Waals surface area (Å²) in [4.78, 5) is 25.1. The van der Waals surface area contributed by atoms with Crippen LogP contribution in [-0.4, -0.2) is 11.3 Å². The van der Waals surface area contributed by atoms with E-state index in [-0.39, 0.29) is 5.56 Å². The highest BCUT2D eigenvalue weighted by atomic mass is 16.1. The second-order valence-electron chi connectivity index (χ2n) is 4.19. The van der Waals surface area contributed by atoms with Crippen LogP contribution in [0.1, 0.15) is 35.7 Å². The maximum atomic E-state index is 11.5. The molecule has 17 heavy (non-hydrogen) atoms. The summed E-state index contributed by atoms with van der Waals surface area (Å²) in [6.07, 6.45) is 3.83. The molecule has 0 amide bonds. The molecule has 1 heterocycles.